The van der Waals surface area contributed by atoms with Gasteiger partial charge in [0.15, 0.2) is 0 Å². The van der Waals surface area contributed by atoms with Crippen LogP contribution in [0.2, 0.25) is 5.02 Å². The number of hydrogen-bond donors (Lipinski definition) is 2. The van der Waals surface area contributed by atoms with E-state index in [1.165, 1.54) is 6.08 Å². The molecule has 2 N–H and O–H groups in total. The van der Waals surface area contributed by atoms with Crippen molar-refractivity contribution < 1.29 is 9.90 Å². The Morgan fingerprint density at radius 3 is 2.21 bits per heavy atom. The summed E-state index contributed by atoms with van der Waals surface area (Å²) in [5.74, 6) is -0.248. The van der Waals surface area contributed by atoms with E-state index in [-0.39, 0.29) is 5.91 Å². The molecular formula is C15H20ClNO2. The molecule has 0 aliphatic carbocycles. The van der Waals surface area contributed by atoms with Crippen molar-refractivity contribution >= 4 is 23.6 Å². The summed E-state index contributed by atoms with van der Waals surface area (Å²) in [5.41, 5.74) is -0.828. The second-order valence-electron chi connectivity index (χ2n) is 5.56. The lowest BCUT2D eigenvalue weighted by atomic mass is 9.86. The van der Waals surface area contributed by atoms with Crippen LogP contribution in [0.3, 0.4) is 0 Å². The molecule has 0 aliphatic heterocycles. The van der Waals surface area contributed by atoms with Gasteiger partial charge in [0.2, 0.25) is 5.91 Å². The molecule has 1 aromatic carbocycles. The summed E-state index contributed by atoms with van der Waals surface area (Å²) in [7, 11) is 0. The van der Waals surface area contributed by atoms with E-state index < -0.39 is 11.1 Å². The molecular weight excluding hydrogens is 262 g/mol. The lowest BCUT2D eigenvalue weighted by molar-refractivity contribution is -0.121. The van der Waals surface area contributed by atoms with Gasteiger partial charge in [0.05, 0.1) is 11.1 Å². The lowest BCUT2D eigenvalue weighted by Crippen LogP contribution is -2.57. The third kappa shape index (κ3) is 4.69. The number of nitrogens with one attached hydrogen (secondary N) is 1. The number of amides is 1. The van der Waals surface area contributed by atoms with Crippen LogP contribution < -0.4 is 5.32 Å². The van der Waals surface area contributed by atoms with Crippen molar-refractivity contribution in [3.63, 3.8) is 0 Å². The molecule has 1 amide bonds. The Morgan fingerprint density at radius 2 is 1.74 bits per heavy atom. The summed E-state index contributed by atoms with van der Waals surface area (Å²) < 4.78 is 0. The first kappa shape index (κ1) is 15.7. The fourth-order valence-electron chi connectivity index (χ4n) is 1.25. The molecule has 0 bridgehead atoms. The lowest BCUT2D eigenvalue weighted by Gasteiger charge is -2.37. The molecule has 3 nitrogen and oxygen atoms in total. The quantitative estimate of drug-likeness (QED) is 0.834. The van der Waals surface area contributed by atoms with E-state index in [9.17, 15) is 9.90 Å². The highest BCUT2D eigenvalue weighted by Crippen LogP contribution is 2.20. The zero-order valence-corrected chi connectivity index (χ0v) is 12.5. The van der Waals surface area contributed by atoms with Crippen LogP contribution in [0.1, 0.15) is 33.3 Å². The van der Waals surface area contributed by atoms with Gasteiger partial charge in [-0.05, 0) is 51.5 Å². The minimum Gasteiger partial charge on any atom is -0.388 e. The number of carbonyl (C=O) groups is 1. The third-order valence-corrected chi connectivity index (χ3v) is 3.51. The normalized spacial score (nSPS) is 12.7. The highest BCUT2D eigenvalue weighted by molar-refractivity contribution is 6.30. The predicted octanol–water partition coefficient (Wildman–Crippen LogP) is 3.02. The van der Waals surface area contributed by atoms with E-state index in [1.54, 1.807) is 45.9 Å². The highest BCUT2D eigenvalue weighted by atomic mass is 35.5. The van der Waals surface area contributed by atoms with Gasteiger partial charge >= 0.3 is 0 Å². The topological polar surface area (TPSA) is 49.3 Å². The van der Waals surface area contributed by atoms with Gasteiger partial charge in [-0.3, -0.25) is 4.79 Å². The Kier molecular flexibility index (Phi) is 4.77. The van der Waals surface area contributed by atoms with Gasteiger partial charge in [-0.2, -0.15) is 0 Å². The molecule has 19 heavy (non-hydrogen) atoms. The van der Waals surface area contributed by atoms with Gasteiger partial charge in [0, 0.05) is 11.1 Å². The van der Waals surface area contributed by atoms with Crippen molar-refractivity contribution in [2.24, 2.45) is 0 Å². The summed E-state index contributed by atoms with van der Waals surface area (Å²) in [5, 5.41) is 13.4. The molecule has 0 atom stereocenters. The Hall–Kier alpha value is -1.32. The summed E-state index contributed by atoms with van der Waals surface area (Å²) in [6, 6.07) is 7.18. The molecule has 0 unspecified atom stereocenters. The van der Waals surface area contributed by atoms with Crippen LogP contribution in [0, 0.1) is 0 Å². The fourth-order valence-corrected chi connectivity index (χ4v) is 1.37. The zero-order valence-electron chi connectivity index (χ0n) is 11.7. The molecule has 104 valence electrons. The Bertz CT molecular complexity index is 470. The van der Waals surface area contributed by atoms with Gasteiger partial charge in [0.25, 0.3) is 0 Å². The first-order valence-corrected chi connectivity index (χ1v) is 6.48. The number of halogens is 1. The molecule has 0 heterocycles. The second-order valence-corrected chi connectivity index (χ2v) is 5.99. The predicted molar refractivity (Wildman–Crippen MR) is 79.0 cm³/mol. The summed E-state index contributed by atoms with van der Waals surface area (Å²) >= 11 is 5.78. The molecule has 1 aromatic rings. The van der Waals surface area contributed by atoms with Crippen LogP contribution in [0.5, 0.6) is 0 Å². The van der Waals surface area contributed by atoms with Gasteiger partial charge in [-0.1, -0.05) is 23.7 Å². The maximum absolute atomic E-state index is 11.8. The summed E-state index contributed by atoms with van der Waals surface area (Å²) in [6.45, 7) is 6.88. The standard InChI is InChI=1S/C15H20ClNO2/c1-14(2,15(3,4)19)17-13(18)10-7-11-5-8-12(16)9-6-11/h5-10,19H,1-4H3,(H,17,18)/b10-7+. The Labute approximate surface area is 119 Å². The number of hydrogen-bond acceptors (Lipinski definition) is 2. The third-order valence-electron chi connectivity index (χ3n) is 3.26. The Morgan fingerprint density at radius 1 is 1.21 bits per heavy atom. The fraction of sp³-hybridized carbons (Fsp3) is 0.400. The molecule has 1 rings (SSSR count). The molecule has 0 aliphatic rings. The van der Waals surface area contributed by atoms with E-state index in [4.69, 9.17) is 11.6 Å². The van der Waals surface area contributed by atoms with Gasteiger partial charge < -0.3 is 10.4 Å². The smallest absolute Gasteiger partial charge is 0.244 e. The average molecular weight is 282 g/mol. The molecule has 0 fully saturated rings. The van der Waals surface area contributed by atoms with E-state index in [1.807, 2.05) is 12.1 Å². The molecule has 0 aromatic heterocycles. The van der Waals surface area contributed by atoms with Crippen molar-refractivity contribution in [2.45, 2.75) is 38.8 Å². The van der Waals surface area contributed by atoms with Gasteiger partial charge in [-0.25, -0.2) is 0 Å². The van der Waals surface area contributed by atoms with Crippen LogP contribution in [0.25, 0.3) is 6.08 Å². The van der Waals surface area contributed by atoms with Crippen molar-refractivity contribution in [3.05, 3.63) is 40.9 Å². The van der Waals surface area contributed by atoms with Gasteiger partial charge in [0.1, 0.15) is 0 Å². The van der Waals surface area contributed by atoms with Crippen LogP contribution in [0.15, 0.2) is 30.3 Å². The number of aliphatic hydroxyl groups is 1. The number of rotatable bonds is 4. The van der Waals surface area contributed by atoms with Crippen LogP contribution in [-0.4, -0.2) is 22.2 Å². The van der Waals surface area contributed by atoms with Crippen molar-refractivity contribution in [1.82, 2.24) is 5.32 Å². The summed E-state index contributed by atoms with van der Waals surface area (Å²) in [6.07, 6.45) is 3.14. The SMILES string of the molecule is CC(C)(O)C(C)(C)NC(=O)/C=C/c1ccc(Cl)cc1. The van der Waals surface area contributed by atoms with E-state index in [2.05, 4.69) is 5.32 Å². The first-order chi connectivity index (χ1) is 8.62. The van der Waals surface area contributed by atoms with E-state index in [0.717, 1.165) is 5.56 Å². The molecule has 0 spiro atoms. The maximum atomic E-state index is 11.8. The number of carbonyl (C=O) groups excluding carboxylic acids is 1. The number of benzene rings is 1. The van der Waals surface area contributed by atoms with Crippen LogP contribution in [-0.2, 0) is 4.79 Å². The molecule has 0 radical (unpaired) electrons. The van der Waals surface area contributed by atoms with Crippen molar-refractivity contribution in [3.8, 4) is 0 Å². The molecule has 4 heteroatoms. The monoisotopic (exact) mass is 281 g/mol. The van der Waals surface area contributed by atoms with E-state index >= 15 is 0 Å². The molecule has 0 saturated carbocycles. The average Bonchev–Trinajstić information content (AvgIpc) is 2.26. The van der Waals surface area contributed by atoms with E-state index in [0.29, 0.717) is 5.02 Å². The summed E-state index contributed by atoms with van der Waals surface area (Å²) in [4.78, 5) is 11.8. The highest BCUT2D eigenvalue weighted by Gasteiger charge is 2.35. The van der Waals surface area contributed by atoms with Crippen LogP contribution in [0.4, 0.5) is 0 Å². The zero-order chi connectivity index (χ0) is 14.7. The first-order valence-electron chi connectivity index (χ1n) is 6.10. The minimum atomic E-state index is -1.00. The maximum Gasteiger partial charge on any atom is 0.244 e. The van der Waals surface area contributed by atoms with Gasteiger partial charge in [-0.15, -0.1) is 0 Å². The second kappa shape index (κ2) is 5.76. The Balaban J connectivity index is 2.68. The largest absolute Gasteiger partial charge is 0.388 e. The van der Waals surface area contributed by atoms with Crippen molar-refractivity contribution in [1.29, 1.82) is 0 Å². The van der Waals surface area contributed by atoms with Crippen LogP contribution >= 0.6 is 11.6 Å². The molecule has 0 saturated heterocycles. The van der Waals surface area contributed by atoms with Crippen molar-refractivity contribution in [2.75, 3.05) is 0 Å². The minimum absolute atomic E-state index is 0.248.